The number of allylic oxidation sites excluding steroid dienone is 13. The third-order valence-electron chi connectivity index (χ3n) is 10.3. The Hall–Kier alpha value is -2.83. The monoisotopic (exact) mass is 864 g/mol. The number of rotatable bonds is 31. The van der Waals surface area contributed by atoms with Gasteiger partial charge in [0.2, 0.25) is 5.91 Å². The lowest BCUT2D eigenvalue weighted by Crippen LogP contribution is -2.65. The predicted octanol–water partition coefficient (Wildman–Crippen LogP) is 4.26. The number of hydrogen-bond acceptors (Lipinski definition) is 13. The summed E-state index contributed by atoms with van der Waals surface area (Å²) in [7, 11) is 0. The van der Waals surface area contributed by atoms with E-state index in [9.17, 15) is 45.6 Å². The molecule has 12 atom stereocenters. The van der Waals surface area contributed by atoms with E-state index in [0.29, 0.717) is 12.8 Å². The number of aliphatic hydroxyl groups excluding tert-OH is 8. The molecule has 14 heteroatoms. The summed E-state index contributed by atoms with van der Waals surface area (Å²) >= 11 is 0. The smallest absolute Gasteiger partial charge is 0.220 e. The summed E-state index contributed by atoms with van der Waals surface area (Å²) in [4.78, 5) is 13.1. The van der Waals surface area contributed by atoms with Crippen molar-refractivity contribution in [2.24, 2.45) is 0 Å². The van der Waals surface area contributed by atoms with Gasteiger partial charge in [0.25, 0.3) is 0 Å². The minimum atomic E-state index is -1.80. The highest BCUT2D eigenvalue weighted by molar-refractivity contribution is 5.76. The van der Waals surface area contributed by atoms with Gasteiger partial charge in [-0.25, -0.2) is 0 Å². The predicted molar refractivity (Wildman–Crippen MR) is 235 cm³/mol. The molecular weight excluding hydrogens is 787 g/mol. The van der Waals surface area contributed by atoms with Gasteiger partial charge in [-0.15, -0.1) is 0 Å². The average molecular weight is 864 g/mol. The van der Waals surface area contributed by atoms with Gasteiger partial charge in [0.15, 0.2) is 12.6 Å². The van der Waals surface area contributed by atoms with E-state index < -0.39 is 86.8 Å². The molecule has 0 aromatic carbocycles. The average Bonchev–Trinajstić information content (AvgIpc) is 3.26. The van der Waals surface area contributed by atoms with E-state index in [-0.39, 0.29) is 18.9 Å². The Labute approximate surface area is 363 Å². The minimum absolute atomic E-state index is 0.228. The molecule has 1 amide bonds. The van der Waals surface area contributed by atoms with E-state index in [2.05, 4.69) is 92.1 Å². The van der Waals surface area contributed by atoms with Crippen LogP contribution >= 0.6 is 0 Å². The molecule has 2 rings (SSSR count). The third-order valence-corrected chi connectivity index (χ3v) is 10.3. The number of aliphatic hydroxyl groups is 8. The Morgan fingerprint density at radius 3 is 1.77 bits per heavy atom. The Kier molecular flexibility index (Phi) is 30.0. The standard InChI is InChI=1S/C47H77NO13/c1-3-5-7-9-11-13-14-15-16-17-18-19-20-21-22-23-25-27-29-31-39(52)48-35(36(51)30-28-26-24-12-10-8-6-4-2)34-58-46-44(57)42(55)45(38(33-50)60-46)61-47-43(56)41(54)40(53)37(32-49)59-47/h5,7,10-13,15-16,18-19,21-22,28,30,35-38,40-47,49-51,53-57H,3-4,6,8-9,14,17,20,23-27,29,31-34H2,1-2H3,(H,48,52)/b7-5-,12-10+,13-11-,16-15-,19-18-,22-21-,30-28+. The van der Waals surface area contributed by atoms with Crippen LogP contribution < -0.4 is 5.32 Å². The van der Waals surface area contributed by atoms with Crippen molar-refractivity contribution in [1.82, 2.24) is 5.32 Å². The van der Waals surface area contributed by atoms with Gasteiger partial charge in [-0.05, 0) is 70.6 Å². The number of ether oxygens (including phenoxy) is 4. The molecule has 2 heterocycles. The summed E-state index contributed by atoms with van der Waals surface area (Å²) in [5, 5.41) is 86.2. The zero-order valence-corrected chi connectivity index (χ0v) is 36.4. The highest BCUT2D eigenvalue weighted by Gasteiger charge is 2.50. The maximum Gasteiger partial charge on any atom is 0.220 e. The molecule has 0 bridgehead atoms. The molecule has 14 nitrogen and oxygen atoms in total. The second-order valence-electron chi connectivity index (χ2n) is 15.4. The van der Waals surface area contributed by atoms with Crippen LogP contribution in [-0.4, -0.2) is 140 Å². The number of hydrogen-bond donors (Lipinski definition) is 9. The SMILES string of the molecule is CC/C=C\C/C=C\C/C=C\C/C=C\C/C=C\CCCCCC(=O)NC(COC1OC(CO)C(OC2OC(CO)C(O)C(O)C2O)C(O)C1O)C(O)/C=C/CC/C=C/CCCC. The first kappa shape index (κ1) is 54.3. The minimum Gasteiger partial charge on any atom is -0.394 e. The van der Waals surface area contributed by atoms with Crippen molar-refractivity contribution in [3.8, 4) is 0 Å². The van der Waals surface area contributed by atoms with E-state index in [1.165, 1.54) is 0 Å². The zero-order valence-electron chi connectivity index (χ0n) is 36.4. The Morgan fingerprint density at radius 1 is 0.607 bits per heavy atom. The maximum absolute atomic E-state index is 13.1. The number of nitrogens with one attached hydrogen (secondary N) is 1. The van der Waals surface area contributed by atoms with E-state index in [1.807, 2.05) is 6.08 Å². The molecule has 0 saturated carbocycles. The summed E-state index contributed by atoms with van der Waals surface area (Å²) in [5.41, 5.74) is 0. The molecule has 2 fully saturated rings. The first-order chi connectivity index (χ1) is 29.6. The molecule has 0 spiro atoms. The van der Waals surface area contributed by atoms with Crippen LogP contribution in [0.15, 0.2) is 85.1 Å². The summed E-state index contributed by atoms with van der Waals surface area (Å²) in [5.74, 6) is -0.291. The fraction of sp³-hybridized carbons (Fsp3) is 0.681. The lowest BCUT2D eigenvalue weighted by Gasteiger charge is -2.46. The van der Waals surface area contributed by atoms with Crippen molar-refractivity contribution in [2.75, 3.05) is 19.8 Å². The molecule has 2 aliphatic heterocycles. The van der Waals surface area contributed by atoms with Crippen LogP contribution in [-0.2, 0) is 23.7 Å². The van der Waals surface area contributed by atoms with E-state index in [1.54, 1.807) is 6.08 Å². The van der Waals surface area contributed by atoms with E-state index >= 15 is 0 Å². The second-order valence-corrected chi connectivity index (χ2v) is 15.4. The fourth-order valence-electron chi connectivity index (χ4n) is 6.61. The molecule has 0 aliphatic carbocycles. The summed E-state index contributed by atoms with van der Waals surface area (Å²) < 4.78 is 22.5. The van der Waals surface area contributed by atoms with Crippen LogP contribution in [0, 0.1) is 0 Å². The zero-order chi connectivity index (χ0) is 44.7. The summed E-state index contributed by atoms with van der Waals surface area (Å²) in [6, 6.07) is -0.950. The van der Waals surface area contributed by atoms with Crippen molar-refractivity contribution >= 4 is 5.91 Å². The van der Waals surface area contributed by atoms with Crippen molar-refractivity contribution in [3.63, 3.8) is 0 Å². The number of carbonyl (C=O) groups excluding carboxylic acids is 1. The van der Waals surface area contributed by atoms with Crippen LogP contribution in [0.5, 0.6) is 0 Å². The van der Waals surface area contributed by atoms with Gasteiger partial charge in [-0.1, -0.05) is 118 Å². The van der Waals surface area contributed by atoms with E-state index in [0.717, 1.165) is 77.0 Å². The Morgan fingerprint density at radius 2 is 1.15 bits per heavy atom. The second kappa shape index (κ2) is 33.7. The number of carbonyl (C=O) groups is 1. The van der Waals surface area contributed by atoms with Crippen LogP contribution in [0.2, 0.25) is 0 Å². The van der Waals surface area contributed by atoms with Gasteiger partial charge in [-0.2, -0.15) is 0 Å². The van der Waals surface area contributed by atoms with Crippen molar-refractivity contribution in [1.29, 1.82) is 0 Å². The van der Waals surface area contributed by atoms with Gasteiger partial charge in [-0.3, -0.25) is 4.79 Å². The molecule has 0 radical (unpaired) electrons. The fourth-order valence-corrected chi connectivity index (χ4v) is 6.61. The quantitative estimate of drug-likeness (QED) is 0.0351. The van der Waals surface area contributed by atoms with Crippen LogP contribution in [0.3, 0.4) is 0 Å². The topological polar surface area (TPSA) is 228 Å². The molecule has 61 heavy (non-hydrogen) atoms. The van der Waals surface area contributed by atoms with Crippen LogP contribution in [0.1, 0.15) is 110 Å². The van der Waals surface area contributed by atoms with Crippen molar-refractivity contribution in [3.05, 3.63) is 85.1 Å². The highest BCUT2D eigenvalue weighted by Crippen LogP contribution is 2.29. The van der Waals surface area contributed by atoms with Crippen LogP contribution in [0.4, 0.5) is 0 Å². The summed E-state index contributed by atoms with van der Waals surface area (Å²) in [6.45, 7) is 2.50. The van der Waals surface area contributed by atoms with Gasteiger partial charge < -0.3 is 65.1 Å². The highest BCUT2D eigenvalue weighted by atomic mass is 16.7. The first-order valence-electron chi connectivity index (χ1n) is 22.3. The molecule has 2 aliphatic rings. The lowest BCUT2D eigenvalue weighted by atomic mass is 9.97. The Bertz CT molecular complexity index is 1350. The van der Waals surface area contributed by atoms with Gasteiger partial charge in [0.1, 0.15) is 48.8 Å². The van der Waals surface area contributed by atoms with Crippen LogP contribution in [0.25, 0.3) is 0 Å². The largest absolute Gasteiger partial charge is 0.394 e. The normalized spacial score (nSPS) is 28.8. The van der Waals surface area contributed by atoms with Gasteiger partial charge in [0.05, 0.1) is 32.0 Å². The molecule has 0 aromatic heterocycles. The number of amides is 1. The Balaban J connectivity index is 1.88. The molecule has 348 valence electrons. The first-order valence-corrected chi connectivity index (χ1v) is 22.3. The molecule has 9 N–H and O–H groups in total. The lowest BCUT2D eigenvalue weighted by molar-refractivity contribution is -0.359. The third kappa shape index (κ3) is 21.9. The van der Waals surface area contributed by atoms with Crippen molar-refractivity contribution in [2.45, 2.75) is 184 Å². The molecule has 12 unspecified atom stereocenters. The molecular formula is C47H77NO13. The molecule has 0 aromatic rings. The van der Waals surface area contributed by atoms with E-state index in [4.69, 9.17) is 18.9 Å². The maximum atomic E-state index is 13.1. The number of unbranched alkanes of at least 4 members (excludes halogenated alkanes) is 6. The molecule has 2 saturated heterocycles. The van der Waals surface area contributed by atoms with Gasteiger partial charge in [0, 0.05) is 6.42 Å². The summed E-state index contributed by atoms with van der Waals surface area (Å²) in [6.07, 6.45) is 25.1. The van der Waals surface area contributed by atoms with Gasteiger partial charge >= 0.3 is 0 Å². The van der Waals surface area contributed by atoms with Crippen molar-refractivity contribution < 1.29 is 64.6 Å².